The van der Waals surface area contributed by atoms with Crippen LogP contribution >= 0.6 is 0 Å². The molecule has 2 rings (SSSR count). The van der Waals surface area contributed by atoms with Crippen LogP contribution in [0.15, 0.2) is 0 Å². The van der Waals surface area contributed by atoms with Crippen molar-refractivity contribution in [2.75, 3.05) is 13.1 Å². The molecule has 15 heavy (non-hydrogen) atoms. The molecule has 0 saturated carbocycles. The van der Waals surface area contributed by atoms with Crippen LogP contribution in [0.3, 0.4) is 0 Å². The molecule has 84 valence electrons. The van der Waals surface area contributed by atoms with Crippen LogP contribution in [0.2, 0.25) is 0 Å². The summed E-state index contributed by atoms with van der Waals surface area (Å²) in [5.41, 5.74) is 8.12. The smallest absolute Gasteiger partial charge is 0.106 e. The first-order valence-electron chi connectivity index (χ1n) is 5.73. The van der Waals surface area contributed by atoms with E-state index >= 15 is 0 Å². The van der Waals surface area contributed by atoms with Crippen LogP contribution in [0, 0.1) is 6.92 Å². The first kappa shape index (κ1) is 10.6. The molecule has 1 aliphatic rings. The lowest BCUT2D eigenvalue weighted by Gasteiger charge is -2.28. The minimum Gasteiger partial charge on any atom is -0.329 e. The maximum Gasteiger partial charge on any atom is 0.106 e. The van der Waals surface area contributed by atoms with Gasteiger partial charge in [0.2, 0.25) is 0 Å². The number of aromatic nitrogens is 2. The zero-order valence-corrected chi connectivity index (χ0v) is 9.66. The van der Waals surface area contributed by atoms with Crippen LogP contribution < -0.4 is 5.73 Å². The van der Waals surface area contributed by atoms with E-state index in [2.05, 4.69) is 28.3 Å². The molecule has 4 heteroatoms. The number of rotatable bonds is 3. The topological polar surface area (TPSA) is 47.1 Å². The Labute approximate surface area is 91.1 Å². The van der Waals surface area contributed by atoms with E-state index in [1.807, 2.05) is 0 Å². The Bertz CT molecular complexity index is 343. The van der Waals surface area contributed by atoms with Gasteiger partial charge in [-0.1, -0.05) is 6.92 Å². The van der Waals surface area contributed by atoms with Crippen molar-refractivity contribution >= 4 is 0 Å². The summed E-state index contributed by atoms with van der Waals surface area (Å²) in [7, 11) is 0. The first-order valence-corrected chi connectivity index (χ1v) is 5.73. The van der Waals surface area contributed by atoms with Gasteiger partial charge in [0, 0.05) is 26.2 Å². The molecule has 0 atom stereocenters. The molecule has 1 aromatic heterocycles. The van der Waals surface area contributed by atoms with E-state index in [1.54, 1.807) is 0 Å². The maximum absolute atomic E-state index is 5.71. The second kappa shape index (κ2) is 4.33. The summed E-state index contributed by atoms with van der Waals surface area (Å²) < 4.78 is 2.31. The molecular formula is C11H20N4. The predicted molar refractivity (Wildman–Crippen MR) is 60.4 cm³/mol. The summed E-state index contributed by atoms with van der Waals surface area (Å²) >= 11 is 0. The SMILES string of the molecule is CCCN1CCn2c(C)nc(CN)c2C1. The molecule has 0 bridgehead atoms. The standard InChI is InChI=1S/C11H20N4/c1-3-4-14-5-6-15-9(2)13-10(7-12)11(15)8-14/h3-8,12H2,1-2H3. The zero-order chi connectivity index (χ0) is 10.8. The minimum atomic E-state index is 0.559. The second-order valence-corrected chi connectivity index (χ2v) is 4.18. The largest absolute Gasteiger partial charge is 0.329 e. The third kappa shape index (κ3) is 1.92. The summed E-state index contributed by atoms with van der Waals surface area (Å²) in [6.45, 7) is 9.24. The van der Waals surface area contributed by atoms with E-state index in [1.165, 1.54) is 18.7 Å². The van der Waals surface area contributed by atoms with Crippen LogP contribution in [0.5, 0.6) is 0 Å². The lowest BCUT2D eigenvalue weighted by atomic mass is 10.2. The van der Waals surface area contributed by atoms with E-state index < -0.39 is 0 Å². The van der Waals surface area contributed by atoms with Crippen LogP contribution in [0.25, 0.3) is 0 Å². The Morgan fingerprint density at radius 2 is 2.20 bits per heavy atom. The number of fused-ring (bicyclic) bond motifs is 1. The fourth-order valence-corrected chi connectivity index (χ4v) is 2.35. The van der Waals surface area contributed by atoms with Crippen LogP contribution in [0.4, 0.5) is 0 Å². The molecule has 0 spiro atoms. The Hall–Kier alpha value is -0.870. The van der Waals surface area contributed by atoms with E-state index in [9.17, 15) is 0 Å². The molecule has 2 N–H and O–H groups in total. The van der Waals surface area contributed by atoms with Crippen LogP contribution in [-0.2, 0) is 19.6 Å². The number of nitrogens with zero attached hydrogens (tertiary/aromatic N) is 3. The van der Waals surface area contributed by atoms with E-state index in [-0.39, 0.29) is 0 Å². The first-order chi connectivity index (χ1) is 7.26. The van der Waals surface area contributed by atoms with Gasteiger partial charge in [-0.25, -0.2) is 4.98 Å². The van der Waals surface area contributed by atoms with Gasteiger partial charge in [-0.2, -0.15) is 0 Å². The van der Waals surface area contributed by atoms with Gasteiger partial charge in [0.25, 0.3) is 0 Å². The van der Waals surface area contributed by atoms with E-state index in [0.717, 1.165) is 31.2 Å². The molecule has 1 aromatic rings. The van der Waals surface area contributed by atoms with Gasteiger partial charge in [-0.15, -0.1) is 0 Å². The molecule has 0 unspecified atom stereocenters. The molecule has 1 aliphatic heterocycles. The molecule has 0 fully saturated rings. The maximum atomic E-state index is 5.71. The molecule has 0 saturated heterocycles. The summed E-state index contributed by atoms with van der Waals surface area (Å²) in [6, 6.07) is 0. The van der Waals surface area contributed by atoms with Crippen molar-refractivity contribution < 1.29 is 0 Å². The highest BCUT2D eigenvalue weighted by Crippen LogP contribution is 2.18. The Balaban J connectivity index is 2.23. The average Bonchev–Trinajstić information content (AvgIpc) is 2.56. The lowest BCUT2D eigenvalue weighted by molar-refractivity contribution is 0.219. The summed E-state index contributed by atoms with van der Waals surface area (Å²) in [5, 5.41) is 0. The van der Waals surface area contributed by atoms with Crippen molar-refractivity contribution in [3.63, 3.8) is 0 Å². The van der Waals surface area contributed by atoms with Crippen molar-refractivity contribution in [2.24, 2.45) is 5.73 Å². The van der Waals surface area contributed by atoms with Crippen molar-refractivity contribution in [3.05, 3.63) is 17.2 Å². The quantitative estimate of drug-likeness (QED) is 0.802. The van der Waals surface area contributed by atoms with Crippen LogP contribution in [-0.4, -0.2) is 27.5 Å². The number of nitrogens with two attached hydrogens (primary N) is 1. The van der Waals surface area contributed by atoms with Gasteiger partial charge < -0.3 is 10.3 Å². The molecule has 0 radical (unpaired) electrons. The number of hydrogen-bond acceptors (Lipinski definition) is 3. The predicted octanol–water partition coefficient (Wildman–Crippen LogP) is 0.876. The van der Waals surface area contributed by atoms with Crippen molar-refractivity contribution in [3.8, 4) is 0 Å². The van der Waals surface area contributed by atoms with Crippen molar-refractivity contribution in [1.29, 1.82) is 0 Å². The number of imidazole rings is 1. The monoisotopic (exact) mass is 208 g/mol. The van der Waals surface area contributed by atoms with Gasteiger partial charge in [0.05, 0.1) is 11.4 Å². The molecule has 0 amide bonds. The average molecular weight is 208 g/mol. The van der Waals surface area contributed by atoms with E-state index in [4.69, 9.17) is 5.73 Å². The van der Waals surface area contributed by atoms with Crippen molar-refractivity contribution in [1.82, 2.24) is 14.5 Å². The molecule has 2 heterocycles. The summed E-state index contributed by atoms with van der Waals surface area (Å²) in [4.78, 5) is 7.00. The third-order valence-electron chi connectivity index (χ3n) is 3.09. The molecule has 0 aliphatic carbocycles. The highest BCUT2D eigenvalue weighted by atomic mass is 15.2. The number of hydrogen-bond donors (Lipinski definition) is 1. The molecular weight excluding hydrogens is 188 g/mol. The summed E-state index contributed by atoms with van der Waals surface area (Å²) in [5.74, 6) is 1.11. The van der Waals surface area contributed by atoms with Gasteiger partial charge in [-0.3, -0.25) is 4.90 Å². The van der Waals surface area contributed by atoms with Gasteiger partial charge in [0.1, 0.15) is 5.82 Å². The fraction of sp³-hybridized carbons (Fsp3) is 0.727. The molecule has 4 nitrogen and oxygen atoms in total. The Morgan fingerprint density at radius 1 is 1.40 bits per heavy atom. The summed E-state index contributed by atoms with van der Waals surface area (Å²) in [6.07, 6.45) is 1.21. The normalized spacial score (nSPS) is 16.7. The Morgan fingerprint density at radius 3 is 2.87 bits per heavy atom. The van der Waals surface area contributed by atoms with Gasteiger partial charge >= 0.3 is 0 Å². The highest BCUT2D eigenvalue weighted by Gasteiger charge is 2.20. The third-order valence-corrected chi connectivity index (χ3v) is 3.09. The lowest BCUT2D eigenvalue weighted by Crippen LogP contribution is -2.34. The van der Waals surface area contributed by atoms with E-state index in [0.29, 0.717) is 6.54 Å². The minimum absolute atomic E-state index is 0.559. The van der Waals surface area contributed by atoms with Crippen molar-refractivity contribution in [2.45, 2.75) is 39.9 Å². The molecule has 0 aromatic carbocycles. The van der Waals surface area contributed by atoms with Crippen LogP contribution in [0.1, 0.15) is 30.6 Å². The van der Waals surface area contributed by atoms with Gasteiger partial charge in [0.15, 0.2) is 0 Å². The second-order valence-electron chi connectivity index (χ2n) is 4.18. The van der Waals surface area contributed by atoms with Gasteiger partial charge in [-0.05, 0) is 19.9 Å². The fourth-order valence-electron chi connectivity index (χ4n) is 2.35. The zero-order valence-electron chi connectivity index (χ0n) is 9.66. The number of aryl methyl sites for hydroxylation is 1. The highest BCUT2D eigenvalue weighted by molar-refractivity contribution is 5.18. The Kier molecular flexibility index (Phi) is 3.07.